The number of carbonyl (C=O) groups is 4. The van der Waals surface area contributed by atoms with Crippen LogP contribution in [-0.4, -0.2) is 110 Å². The number of rotatable bonds is 4. The standard InChI is InChI=1S/C35H51NO12/c1-16-8-9-25-32(7,41)27-21(15-36(25)14-16)22-13-33-29(34(22,42)30(47-20(5)40)28(27)46-19(4)39)23(44-17(2)37)12-24-31(33,6)11-10-26(45-18(3)38)35(24,43)48-33/h16,21-30,41-43H,8-15H2,1-7H3/t16-,21-,22-,23+,24-,25-,26-,27+,28+,29+,30-,31-,32+,33+,34-,35+/m0/s1. The molecule has 3 saturated heterocycles. The minimum absolute atomic E-state index is 0.0916. The van der Waals surface area contributed by atoms with Crippen LogP contribution in [0.1, 0.15) is 87.0 Å². The van der Waals surface area contributed by atoms with E-state index in [1.54, 1.807) is 6.92 Å². The molecule has 0 amide bonds. The van der Waals surface area contributed by atoms with Crippen molar-refractivity contribution in [2.45, 2.75) is 140 Å². The van der Waals surface area contributed by atoms with E-state index in [2.05, 4.69) is 11.8 Å². The van der Waals surface area contributed by atoms with Gasteiger partial charge < -0.3 is 39.0 Å². The van der Waals surface area contributed by atoms with Crippen LogP contribution in [-0.2, 0) is 42.9 Å². The summed E-state index contributed by atoms with van der Waals surface area (Å²) in [5, 5.41) is 38.6. The maximum absolute atomic E-state index is 13.6. The lowest BCUT2D eigenvalue weighted by molar-refractivity contribution is -0.300. The molecule has 4 saturated carbocycles. The zero-order valence-corrected chi connectivity index (χ0v) is 29.0. The molecule has 0 radical (unpaired) electrons. The third-order valence-electron chi connectivity index (χ3n) is 13.9. The van der Waals surface area contributed by atoms with Crippen LogP contribution in [0.2, 0.25) is 0 Å². The first-order valence-corrected chi connectivity index (χ1v) is 17.6. The van der Waals surface area contributed by atoms with E-state index in [1.807, 2.05) is 6.92 Å². The van der Waals surface area contributed by atoms with Crippen LogP contribution < -0.4 is 0 Å². The summed E-state index contributed by atoms with van der Waals surface area (Å²) in [5.74, 6) is -7.62. The minimum atomic E-state index is -1.98. The largest absolute Gasteiger partial charge is 0.462 e. The topological polar surface area (TPSA) is 178 Å². The molecular weight excluding hydrogens is 626 g/mol. The fourth-order valence-electron chi connectivity index (χ4n) is 12.6. The van der Waals surface area contributed by atoms with Crippen molar-refractivity contribution in [2.24, 2.45) is 40.9 Å². The number of aliphatic hydroxyl groups is 3. The third-order valence-corrected chi connectivity index (χ3v) is 13.9. The van der Waals surface area contributed by atoms with Crippen LogP contribution in [0.15, 0.2) is 0 Å². The molecule has 7 rings (SSSR count). The Hall–Kier alpha value is -2.32. The summed E-state index contributed by atoms with van der Waals surface area (Å²) in [7, 11) is 0. The summed E-state index contributed by atoms with van der Waals surface area (Å²) in [5.41, 5.74) is -5.48. The molecule has 3 N–H and O–H groups in total. The first kappa shape index (κ1) is 34.1. The molecule has 4 bridgehead atoms. The van der Waals surface area contributed by atoms with Gasteiger partial charge in [0.25, 0.3) is 0 Å². The summed E-state index contributed by atoms with van der Waals surface area (Å²) in [6.07, 6.45) is -1.94. The van der Waals surface area contributed by atoms with E-state index in [4.69, 9.17) is 23.7 Å². The molecule has 4 aliphatic carbocycles. The average molecular weight is 678 g/mol. The number of nitrogens with zero attached hydrogens (tertiary/aromatic N) is 1. The molecular formula is C35H51NO12. The molecule has 0 unspecified atom stereocenters. The van der Waals surface area contributed by atoms with Crippen molar-refractivity contribution >= 4 is 23.9 Å². The van der Waals surface area contributed by atoms with E-state index in [0.29, 0.717) is 25.3 Å². The van der Waals surface area contributed by atoms with Crippen LogP contribution in [0.5, 0.6) is 0 Å². The van der Waals surface area contributed by atoms with Crippen LogP contribution in [0.3, 0.4) is 0 Å². The molecule has 13 nitrogen and oxygen atoms in total. The van der Waals surface area contributed by atoms with Gasteiger partial charge in [-0.1, -0.05) is 13.8 Å². The van der Waals surface area contributed by atoms with E-state index in [1.165, 1.54) is 27.7 Å². The Morgan fingerprint density at radius 3 is 2.10 bits per heavy atom. The van der Waals surface area contributed by atoms with Crippen LogP contribution >= 0.6 is 0 Å². The zero-order valence-electron chi connectivity index (χ0n) is 29.0. The van der Waals surface area contributed by atoms with Gasteiger partial charge in [-0.2, -0.15) is 0 Å². The second kappa shape index (κ2) is 10.8. The normalized spacial score (nSPS) is 53.3. The van der Waals surface area contributed by atoms with E-state index < -0.39 is 106 Å². The Labute approximate surface area is 280 Å². The van der Waals surface area contributed by atoms with Gasteiger partial charge in [-0.3, -0.25) is 24.1 Å². The quantitative estimate of drug-likeness (QED) is 0.288. The van der Waals surface area contributed by atoms with Crippen LogP contribution in [0.4, 0.5) is 0 Å². The van der Waals surface area contributed by atoms with Gasteiger partial charge in [0.05, 0.1) is 17.1 Å². The number of hydrogen-bond acceptors (Lipinski definition) is 13. The molecule has 3 heterocycles. The summed E-state index contributed by atoms with van der Waals surface area (Å²) >= 11 is 0. The minimum Gasteiger partial charge on any atom is -0.462 e. The molecule has 0 aromatic carbocycles. The number of piperidine rings is 2. The summed E-state index contributed by atoms with van der Waals surface area (Å²) in [4.78, 5) is 53.0. The van der Waals surface area contributed by atoms with Crippen molar-refractivity contribution in [3.05, 3.63) is 0 Å². The van der Waals surface area contributed by atoms with Crippen molar-refractivity contribution < 1.29 is 58.2 Å². The third kappa shape index (κ3) is 4.39. The smallest absolute Gasteiger partial charge is 0.303 e. The first-order chi connectivity index (χ1) is 22.3. The maximum atomic E-state index is 13.6. The van der Waals surface area contributed by atoms with Crippen molar-refractivity contribution in [3.63, 3.8) is 0 Å². The fraction of sp³-hybridized carbons (Fsp3) is 0.886. The lowest BCUT2D eigenvalue weighted by Crippen LogP contribution is -2.77. The monoisotopic (exact) mass is 677 g/mol. The lowest BCUT2D eigenvalue weighted by atomic mass is 9.49. The Morgan fingerprint density at radius 1 is 0.833 bits per heavy atom. The Morgan fingerprint density at radius 2 is 1.48 bits per heavy atom. The molecule has 48 heavy (non-hydrogen) atoms. The van der Waals surface area contributed by atoms with Crippen LogP contribution in [0.25, 0.3) is 0 Å². The van der Waals surface area contributed by atoms with Crippen LogP contribution in [0, 0.1) is 40.9 Å². The van der Waals surface area contributed by atoms with Crippen molar-refractivity contribution in [2.75, 3.05) is 13.1 Å². The number of hydrogen-bond donors (Lipinski definition) is 3. The van der Waals surface area contributed by atoms with E-state index in [0.717, 1.165) is 19.4 Å². The predicted molar refractivity (Wildman–Crippen MR) is 164 cm³/mol. The predicted octanol–water partition coefficient (Wildman–Crippen LogP) is 1.47. The molecule has 3 aliphatic heterocycles. The van der Waals surface area contributed by atoms with Gasteiger partial charge >= 0.3 is 23.9 Å². The molecule has 0 aromatic heterocycles. The summed E-state index contributed by atoms with van der Waals surface area (Å²) in [6, 6.07) is -0.248. The average Bonchev–Trinajstić information content (AvgIpc) is 3.23. The molecule has 268 valence electrons. The van der Waals surface area contributed by atoms with E-state index >= 15 is 0 Å². The van der Waals surface area contributed by atoms with Crippen molar-refractivity contribution in [1.29, 1.82) is 0 Å². The number of ether oxygens (including phenoxy) is 5. The molecule has 7 aliphatic rings. The van der Waals surface area contributed by atoms with Gasteiger partial charge in [0, 0.05) is 64.1 Å². The fourth-order valence-corrected chi connectivity index (χ4v) is 12.6. The SMILES string of the molecule is CC(=O)O[C@@H]1[C@H]2[C@@H](CN3C[C@@H](C)CC[C@H]3[C@@]2(C)O)[C@@H]2C[C@]34O[C@@]5(O)[C@@H](OC(C)=O)CC[C@@]3(C)[C@@H]5C[C@@H](OC(C)=O)[C@H]4[C@]2(O)[C@H]1OC(C)=O. The second-order valence-electron chi connectivity index (χ2n) is 16.6. The van der Waals surface area contributed by atoms with E-state index in [-0.39, 0.29) is 18.9 Å². The Kier molecular flexibility index (Phi) is 7.71. The van der Waals surface area contributed by atoms with Gasteiger partial charge in [-0.25, -0.2) is 0 Å². The molecule has 7 fully saturated rings. The Balaban J connectivity index is 1.45. The van der Waals surface area contributed by atoms with E-state index in [9.17, 15) is 34.5 Å². The highest BCUT2D eigenvalue weighted by atomic mass is 16.7. The van der Waals surface area contributed by atoms with Gasteiger partial charge in [0.15, 0.2) is 12.2 Å². The first-order valence-electron chi connectivity index (χ1n) is 17.6. The molecule has 0 aromatic rings. The van der Waals surface area contributed by atoms with Gasteiger partial charge in [-0.05, 0) is 63.2 Å². The van der Waals surface area contributed by atoms with Gasteiger partial charge in [0.2, 0.25) is 5.79 Å². The Bertz CT molecular complexity index is 1400. The number of fused-ring (bicyclic) bond motifs is 5. The summed E-state index contributed by atoms with van der Waals surface area (Å²) < 4.78 is 30.7. The second-order valence-corrected chi connectivity index (χ2v) is 16.6. The maximum Gasteiger partial charge on any atom is 0.303 e. The highest BCUT2D eigenvalue weighted by molar-refractivity contribution is 5.68. The summed E-state index contributed by atoms with van der Waals surface area (Å²) in [6.45, 7) is 12.2. The molecule has 13 heteroatoms. The number of esters is 4. The van der Waals surface area contributed by atoms with Crippen molar-refractivity contribution in [3.8, 4) is 0 Å². The van der Waals surface area contributed by atoms with Gasteiger partial charge in [-0.15, -0.1) is 0 Å². The highest BCUT2D eigenvalue weighted by Crippen LogP contribution is 2.77. The highest BCUT2D eigenvalue weighted by Gasteiger charge is 2.88. The zero-order chi connectivity index (χ0) is 34.9. The van der Waals surface area contributed by atoms with Crippen molar-refractivity contribution in [1.82, 2.24) is 4.90 Å². The molecule has 1 spiro atoms. The molecule has 16 atom stereocenters. The lowest BCUT2D eigenvalue weighted by Gasteiger charge is -2.64. The number of carbonyl (C=O) groups excluding carboxylic acids is 4. The van der Waals surface area contributed by atoms with Gasteiger partial charge in [0.1, 0.15) is 17.8 Å².